The molecule has 1 saturated heterocycles. The Morgan fingerprint density at radius 2 is 2.33 bits per heavy atom. The Morgan fingerprint density at radius 3 is 3.10 bits per heavy atom. The summed E-state index contributed by atoms with van der Waals surface area (Å²) in [7, 11) is 0. The highest BCUT2D eigenvalue weighted by atomic mass is 16.5. The van der Waals surface area contributed by atoms with Crippen LogP contribution in [-0.4, -0.2) is 28.8 Å². The highest BCUT2D eigenvalue weighted by Crippen LogP contribution is 2.22. The van der Waals surface area contributed by atoms with Gasteiger partial charge in [-0.1, -0.05) is 12.1 Å². The van der Waals surface area contributed by atoms with Crippen LogP contribution >= 0.6 is 0 Å². The lowest BCUT2D eigenvalue weighted by molar-refractivity contribution is -0.119. The van der Waals surface area contributed by atoms with E-state index in [9.17, 15) is 4.79 Å². The molecule has 0 bridgehead atoms. The van der Waals surface area contributed by atoms with Crippen molar-refractivity contribution in [1.82, 2.24) is 10.2 Å². The van der Waals surface area contributed by atoms with Crippen LogP contribution in [0.1, 0.15) is 25.7 Å². The Bertz CT molecular complexity index is 589. The number of carbonyl (C=O) groups is 1. The molecule has 5 nitrogen and oxygen atoms in total. The monoisotopic (exact) mass is 285 g/mol. The van der Waals surface area contributed by atoms with Crippen LogP contribution in [0.5, 0.6) is 0 Å². The molecule has 0 radical (unpaired) electrons. The average Bonchev–Trinajstić information content (AvgIpc) is 3.02. The van der Waals surface area contributed by atoms with Gasteiger partial charge in [-0.05, 0) is 37.0 Å². The largest absolute Gasteiger partial charge is 0.378 e. The zero-order chi connectivity index (χ0) is 14.5. The lowest BCUT2D eigenvalue weighted by Gasteiger charge is -2.21. The summed E-state index contributed by atoms with van der Waals surface area (Å²) < 4.78 is 5.60. The second-order valence-corrected chi connectivity index (χ2v) is 5.31. The van der Waals surface area contributed by atoms with E-state index in [4.69, 9.17) is 4.74 Å². The number of benzene rings is 1. The first-order valence-corrected chi connectivity index (χ1v) is 7.32. The average molecular weight is 285 g/mol. The van der Waals surface area contributed by atoms with Crippen LogP contribution < -0.4 is 5.32 Å². The fourth-order valence-corrected chi connectivity index (χ4v) is 2.57. The van der Waals surface area contributed by atoms with Gasteiger partial charge in [0.2, 0.25) is 5.91 Å². The SMILES string of the molecule is O=C(CC1CCCCO1)Nc1cccc(-c2cn[nH]c2)c1. The summed E-state index contributed by atoms with van der Waals surface area (Å²) in [6, 6.07) is 7.76. The van der Waals surface area contributed by atoms with Crippen LogP contribution in [0.15, 0.2) is 36.7 Å². The number of hydrogen-bond acceptors (Lipinski definition) is 3. The normalized spacial score (nSPS) is 18.4. The molecule has 0 spiro atoms. The van der Waals surface area contributed by atoms with Crippen LogP contribution in [0.25, 0.3) is 11.1 Å². The number of aromatic amines is 1. The number of ether oxygens (including phenoxy) is 1. The summed E-state index contributed by atoms with van der Waals surface area (Å²) >= 11 is 0. The summed E-state index contributed by atoms with van der Waals surface area (Å²) in [6.07, 6.45) is 7.31. The Kier molecular flexibility index (Phi) is 4.31. The number of anilines is 1. The molecule has 1 amide bonds. The molecule has 0 aliphatic carbocycles. The molecule has 3 rings (SSSR count). The minimum atomic E-state index is 0.00578. The van der Waals surface area contributed by atoms with E-state index in [0.717, 1.165) is 42.7 Å². The number of nitrogens with zero attached hydrogens (tertiary/aromatic N) is 1. The van der Waals surface area contributed by atoms with E-state index in [0.29, 0.717) is 6.42 Å². The molecule has 1 unspecified atom stereocenters. The van der Waals surface area contributed by atoms with Gasteiger partial charge in [0, 0.05) is 24.1 Å². The Labute approximate surface area is 123 Å². The standard InChI is InChI=1S/C16H19N3O2/c20-16(9-15-6-1-2-7-21-15)19-14-5-3-4-12(8-14)13-10-17-18-11-13/h3-5,8,10-11,15H,1-2,6-7,9H2,(H,17,18)(H,19,20). The summed E-state index contributed by atoms with van der Waals surface area (Å²) in [6.45, 7) is 0.772. The van der Waals surface area contributed by atoms with E-state index in [1.54, 1.807) is 6.20 Å². The minimum Gasteiger partial charge on any atom is -0.378 e. The van der Waals surface area contributed by atoms with Gasteiger partial charge in [-0.3, -0.25) is 9.89 Å². The molecule has 110 valence electrons. The number of carbonyl (C=O) groups excluding carboxylic acids is 1. The molecular formula is C16H19N3O2. The first kappa shape index (κ1) is 13.8. The number of hydrogen-bond donors (Lipinski definition) is 2. The van der Waals surface area contributed by atoms with Crippen molar-refractivity contribution in [3.05, 3.63) is 36.7 Å². The topological polar surface area (TPSA) is 67.0 Å². The van der Waals surface area contributed by atoms with Crippen molar-refractivity contribution in [3.8, 4) is 11.1 Å². The van der Waals surface area contributed by atoms with Gasteiger partial charge in [-0.15, -0.1) is 0 Å². The van der Waals surface area contributed by atoms with Crippen LogP contribution in [0, 0.1) is 0 Å². The quantitative estimate of drug-likeness (QED) is 0.907. The molecule has 0 saturated carbocycles. The summed E-state index contributed by atoms with van der Waals surface area (Å²) in [5.74, 6) is 0.00578. The zero-order valence-electron chi connectivity index (χ0n) is 11.8. The molecule has 5 heteroatoms. The summed E-state index contributed by atoms with van der Waals surface area (Å²) in [5.41, 5.74) is 2.83. The lowest BCUT2D eigenvalue weighted by atomic mass is 10.1. The molecule has 1 aromatic heterocycles. The zero-order valence-corrected chi connectivity index (χ0v) is 11.8. The van der Waals surface area contributed by atoms with Crippen LogP contribution in [0.4, 0.5) is 5.69 Å². The van der Waals surface area contributed by atoms with E-state index < -0.39 is 0 Å². The molecule has 1 atom stereocenters. The molecule has 2 aromatic rings. The van der Waals surface area contributed by atoms with Crippen molar-refractivity contribution < 1.29 is 9.53 Å². The number of H-pyrrole nitrogens is 1. The minimum absolute atomic E-state index is 0.00578. The van der Waals surface area contributed by atoms with E-state index in [2.05, 4.69) is 15.5 Å². The Hall–Kier alpha value is -2.14. The molecule has 1 fully saturated rings. The van der Waals surface area contributed by atoms with Gasteiger partial charge in [0.15, 0.2) is 0 Å². The molecule has 1 aromatic carbocycles. The maximum Gasteiger partial charge on any atom is 0.226 e. The van der Waals surface area contributed by atoms with Crippen LogP contribution in [0.3, 0.4) is 0 Å². The van der Waals surface area contributed by atoms with Gasteiger partial charge in [0.1, 0.15) is 0 Å². The van der Waals surface area contributed by atoms with Crippen molar-refractivity contribution in [2.75, 3.05) is 11.9 Å². The van der Waals surface area contributed by atoms with Crippen molar-refractivity contribution >= 4 is 11.6 Å². The van der Waals surface area contributed by atoms with Gasteiger partial charge < -0.3 is 10.1 Å². The van der Waals surface area contributed by atoms with E-state index in [1.165, 1.54) is 0 Å². The van der Waals surface area contributed by atoms with E-state index >= 15 is 0 Å². The van der Waals surface area contributed by atoms with Gasteiger partial charge in [-0.25, -0.2) is 0 Å². The maximum absolute atomic E-state index is 12.1. The van der Waals surface area contributed by atoms with Gasteiger partial charge in [0.05, 0.1) is 18.7 Å². The number of nitrogens with one attached hydrogen (secondary N) is 2. The number of amides is 1. The second-order valence-electron chi connectivity index (χ2n) is 5.31. The predicted molar refractivity (Wildman–Crippen MR) is 80.9 cm³/mol. The molecule has 1 aliphatic rings. The van der Waals surface area contributed by atoms with E-state index in [1.807, 2.05) is 30.5 Å². The molecule has 1 aliphatic heterocycles. The molecule has 21 heavy (non-hydrogen) atoms. The van der Waals surface area contributed by atoms with Crippen molar-refractivity contribution in [1.29, 1.82) is 0 Å². The third-order valence-corrected chi connectivity index (χ3v) is 3.66. The highest BCUT2D eigenvalue weighted by Gasteiger charge is 2.17. The molecular weight excluding hydrogens is 266 g/mol. The van der Waals surface area contributed by atoms with Crippen LogP contribution in [-0.2, 0) is 9.53 Å². The second kappa shape index (κ2) is 6.54. The smallest absolute Gasteiger partial charge is 0.226 e. The first-order valence-electron chi connectivity index (χ1n) is 7.32. The number of aromatic nitrogens is 2. The van der Waals surface area contributed by atoms with Crippen molar-refractivity contribution in [2.24, 2.45) is 0 Å². The van der Waals surface area contributed by atoms with E-state index in [-0.39, 0.29) is 12.0 Å². The van der Waals surface area contributed by atoms with Crippen molar-refractivity contribution in [3.63, 3.8) is 0 Å². The van der Waals surface area contributed by atoms with Gasteiger partial charge >= 0.3 is 0 Å². The third-order valence-electron chi connectivity index (χ3n) is 3.66. The van der Waals surface area contributed by atoms with Gasteiger partial charge in [0.25, 0.3) is 0 Å². The van der Waals surface area contributed by atoms with Crippen LogP contribution in [0.2, 0.25) is 0 Å². The predicted octanol–water partition coefficient (Wildman–Crippen LogP) is 2.97. The highest BCUT2D eigenvalue weighted by molar-refractivity contribution is 5.91. The Morgan fingerprint density at radius 1 is 1.38 bits per heavy atom. The fraction of sp³-hybridized carbons (Fsp3) is 0.375. The number of rotatable bonds is 4. The third kappa shape index (κ3) is 3.70. The van der Waals surface area contributed by atoms with Gasteiger partial charge in [-0.2, -0.15) is 5.10 Å². The summed E-state index contributed by atoms with van der Waals surface area (Å²) in [4.78, 5) is 12.1. The lowest BCUT2D eigenvalue weighted by Crippen LogP contribution is -2.25. The maximum atomic E-state index is 12.1. The Balaban J connectivity index is 1.62. The first-order chi connectivity index (χ1) is 10.3. The summed E-state index contributed by atoms with van der Waals surface area (Å²) in [5, 5.41) is 9.67. The molecule has 2 N–H and O–H groups in total. The van der Waals surface area contributed by atoms with Crippen molar-refractivity contribution in [2.45, 2.75) is 31.8 Å². The fourth-order valence-electron chi connectivity index (χ4n) is 2.57. The molecule has 2 heterocycles.